The minimum atomic E-state index is 0.300. The number of nitrogens with zero attached hydrogens (tertiary/aromatic N) is 1. The van der Waals surface area contributed by atoms with E-state index in [-0.39, 0.29) is 0 Å². The second kappa shape index (κ2) is 3.94. The molecule has 0 saturated carbocycles. The highest BCUT2D eigenvalue weighted by Gasteiger charge is 2.04. The molecule has 3 rings (SSSR count). The van der Waals surface area contributed by atoms with Gasteiger partial charge in [-0.1, -0.05) is 12.1 Å². The molecule has 0 aliphatic carbocycles. The lowest BCUT2D eigenvalue weighted by Gasteiger charge is -2.00. The van der Waals surface area contributed by atoms with E-state index in [9.17, 15) is 5.11 Å². The summed E-state index contributed by atoms with van der Waals surface area (Å²) in [7, 11) is 0. The lowest BCUT2D eigenvalue weighted by atomic mass is 10.1. The fraction of sp³-hybridized carbons (Fsp3) is 0.0714. The molecule has 3 aromatic rings. The van der Waals surface area contributed by atoms with Gasteiger partial charge in [0, 0.05) is 17.8 Å². The number of aromatic amines is 1. The quantitative estimate of drug-likeness (QED) is 0.703. The molecule has 0 bridgehead atoms. The first-order valence-corrected chi connectivity index (χ1v) is 5.52. The molecule has 0 atom stereocenters. The molecule has 0 aliphatic heterocycles. The van der Waals surface area contributed by atoms with Crippen LogP contribution in [-0.4, -0.2) is 15.1 Å². The average Bonchev–Trinajstić information content (AvgIpc) is 2.76. The third kappa shape index (κ3) is 1.87. The van der Waals surface area contributed by atoms with Gasteiger partial charge < -0.3 is 10.1 Å². The highest BCUT2D eigenvalue weighted by atomic mass is 16.3. The van der Waals surface area contributed by atoms with Crippen molar-refractivity contribution in [1.82, 2.24) is 9.97 Å². The first-order chi connectivity index (χ1) is 8.33. The van der Waals surface area contributed by atoms with Crippen LogP contribution in [0.4, 0.5) is 0 Å². The fourth-order valence-corrected chi connectivity index (χ4v) is 1.99. The number of aromatic nitrogens is 2. The lowest BCUT2D eigenvalue weighted by Crippen LogP contribution is -1.86. The second-order valence-electron chi connectivity index (χ2n) is 4.06. The fourth-order valence-electron chi connectivity index (χ4n) is 1.99. The van der Waals surface area contributed by atoms with Crippen LogP contribution in [0.15, 0.2) is 48.8 Å². The molecular formula is C14H12N2O. The predicted molar refractivity (Wildman–Crippen MR) is 67.0 cm³/mol. The molecule has 0 aliphatic rings. The summed E-state index contributed by atoms with van der Waals surface area (Å²) in [5.74, 6) is 0.300. The summed E-state index contributed by atoms with van der Waals surface area (Å²) in [4.78, 5) is 7.42. The van der Waals surface area contributed by atoms with Gasteiger partial charge in [0.05, 0.1) is 0 Å². The maximum Gasteiger partial charge on any atom is 0.137 e. The molecule has 0 unspecified atom stereocenters. The third-order valence-corrected chi connectivity index (χ3v) is 2.87. The SMILES string of the molecule is Oc1ccc(Cc2c[nH]c3ncccc23)cc1. The molecule has 3 heteroatoms. The Kier molecular flexibility index (Phi) is 2.29. The Balaban J connectivity index is 1.97. The molecule has 0 amide bonds. The summed E-state index contributed by atoms with van der Waals surface area (Å²) >= 11 is 0. The summed E-state index contributed by atoms with van der Waals surface area (Å²) < 4.78 is 0. The number of nitrogens with one attached hydrogen (secondary N) is 1. The van der Waals surface area contributed by atoms with Crippen molar-refractivity contribution in [2.75, 3.05) is 0 Å². The van der Waals surface area contributed by atoms with Gasteiger partial charge in [-0.15, -0.1) is 0 Å². The van der Waals surface area contributed by atoms with Gasteiger partial charge in [0.25, 0.3) is 0 Å². The van der Waals surface area contributed by atoms with Gasteiger partial charge in [0.1, 0.15) is 11.4 Å². The van der Waals surface area contributed by atoms with Crippen molar-refractivity contribution in [3.8, 4) is 5.75 Å². The first-order valence-electron chi connectivity index (χ1n) is 5.52. The first kappa shape index (κ1) is 9.90. The van der Waals surface area contributed by atoms with Gasteiger partial charge in [-0.2, -0.15) is 0 Å². The van der Waals surface area contributed by atoms with Gasteiger partial charge in [0.2, 0.25) is 0 Å². The van der Waals surface area contributed by atoms with Crippen LogP contribution in [0.3, 0.4) is 0 Å². The van der Waals surface area contributed by atoms with Crippen molar-refractivity contribution < 1.29 is 5.11 Å². The molecule has 2 N–H and O–H groups in total. The highest BCUT2D eigenvalue weighted by molar-refractivity contribution is 5.79. The molecule has 17 heavy (non-hydrogen) atoms. The number of phenols is 1. The van der Waals surface area contributed by atoms with Crippen molar-refractivity contribution >= 4 is 11.0 Å². The van der Waals surface area contributed by atoms with Crippen LogP contribution >= 0.6 is 0 Å². The number of rotatable bonds is 2. The van der Waals surface area contributed by atoms with Gasteiger partial charge in [-0.05, 0) is 41.8 Å². The number of fused-ring (bicyclic) bond motifs is 1. The van der Waals surface area contributed by atoms with Crippen molar-refractivity contribution in [2.24, 2.45) is 0 Å². The van der Waals surface area contributed by atoms with E-state index in [1.54, 1.807) is 18.3 Å². The summed E-state index contributed by atoms with van der Waals surface area (Å²) in [6.45, 7) is 0. The molecule has 84 valence electrons. The molecule has 0 saturated heterocycles. The van der Waals surface area contributed by atoms with Crippen molar-refractivity contribution in [2.45, 2.75) is 6.42 Å². The van der Waals surface area contributed by atoms with E-state index in [2.05, 4.69) is 16.0 Å². The van der Waals surface area contributed by atoms with Gasteiger partial charge >= 0.3 is 0 Å². The number of H-pyrrole nitrogens is 1. The minimum absolute atomic E-state index is 0.300. The highest BCUT2D eigenvalue weighted by Crippen LogP contribution is 2.20. The molecular weight excluding hydrogens is 212 g/mol. The molecule has 0 fully saturated rings. The van der Waals surface area contributed by atoms with E-state index in [1.165, 1.54) is 11.1 Å². The van der Waals surface area contributed by atoms with Crippen molar-refractivity contribution in [3.63, 3.8) is 0 Å². The van der Waals surface area contributed by atoms with E-state index in [1.807, 2.05) is 24.4 Å². The van der Waals surface area contributed by atoms with Gasteiger partial charge in [0.15, 0.2) is 0 Å². The maximum absolute atomic E-state index is 9.24. The second-order valence-corrected chi connectivity index (χ2v) is 4.06. The number of phenolic OH excluding ortho intramolecular Hbond substituents is 1. The van der Waals surface area contributed by atoms with E-state index in [4.69, 9.17) is 0 Å². The average molecular weight is 224 g/mol. The summed E-state index contributed by atoms with van der Waals surface area (Å²) in [5, 5.41) is 10.4. The van der Waals surface area contributed by atoms with Crippen LogP contribution in [0, 0.1) is 0 Å². The molecule has 1 aromatic carbocycles. The number of pyridine rings is 1. The zero-order valence-corrected chi connectivity index (χ0v) is 9.22. The molecule has 3 nitrogen and oxygen atoms in total. The normalized spacial score (nSPS) is 10.8. The van der Waals surface area contributed by atoms with E-state index in [0.29, 0.717) is 5.75 Å². The van der Waals surface area contributed by atoms with E-state index in [0.717, 1.165) is 17.5 Å². The van der Waals surface area contributed by atoms with Crippen LogP contribution in [0.25, 0.3) is 11.0 Å². The standard InChI is InChI=1S/C14H12N2O/c17-12-5-3-10(4-6-12)8-11-9-16-14-13(11)2-1-7-15-14/h1-7,9,17H,8H2,(H,15,16). The predicted octanol–water partition coefficient (Wildman–Crippen LogP) is 2.86. The maximum atomic E-state index is 9.24. The van der Waals surface area contributed by atoms with Gasteiger partial charge in [-0.3, -0.25) is 0 Å². The number of hydrogen-bond acceptors (Lipinski definition) is 2. The number of aromatic hydroxyl groups is 1. The zero-order chi connectivity index (χ0) is 11.7. The Hall–Kier alpha value is -2.29. The van der Waals surface area contributed by atoms with E-state index >= 15 is 0 Å². The van der Waals surface area contributed by atoms with Crippen molar-refractivity contribution in [3.05, 3.63) is 59.9 Å². The van der Waals surface area contributed by atoms with Gasteiger partial charge in [-0.25, -0.2) is 4.98 Å². The zero-order valence-electron chi connectivity index (χ0n) is 9.22. The monoisotopic (exact) mass is 224 g/mol. The summed E-state index contributed by atoms with van der Waals surface area (Å²) in [6.07, 6.45) is 4.61. The Morgan fingerprint density at radius 3 is 2.76 bits per heavy atom. The van der Waals surface area contributed by atoms with Crippen LogP contribution < -0.4 is 0 Å². The Morgan fingerprint density at radius 2 is 1.94 bits per heavy atom. The number of hydrogen-bond donors (Lipinski definition) is 2. The minimum Gasteiger partial charge on any atom is -0.508 e. The molecule has 0 spiro atoms. The third-order valence-electron chi connectivity index (χ3n) is 2.87. The Bertz CT molecular complexity index is 641. The Labute approximate surface area is 98.8 Å². The van der Waals surface area contributed by atoms with Crippen molar-refractivity contribution in [1.29, 1.82) is 0 Å². The topological polar surface area (TPSA) is 48.9 Å². The molecule has 2 aromatic heterocycles. The molecule has 2 heterocycles. The summed E-state index contributed by atoms with van der Waals surface area (Å²) in [6, 6.07) is 11.3. The smallest absolute Gasteiger partial charge is 0.137 e. The number of benzene rings is 1. The van der Waals surface area contributed by atoms with Crippen LogP contribution in [0.1, 0.15) is 11.1 Å². The van der Waals surface area contributed by atoms with Crippen LogP contribution in [0.5, 0.6) is 5.75 Å². The molecule has 0 radical (unpaired) electrons. The van der Waals surface area contributed by atoms with Crippen LogP contribution in [0.2, 0.25) is 0 Å². The lowest BCUT2D eigenvalue weighted by molar-refractivity contribution is 0.475. The Morgan fingerprint density at radius 1 is 1.12 bits per heavy atom. The van der Waals surface area contributed by atoms with E-state index < -0.39 is 0 Å². The largest absolute Gasteiger partial charge is 0.508 e. The summed E-state index contributed by atoms with van der Waals surface area (Å²) in [5.41, 5.74) is 3.31. The van der Waals surface area contributed by atoms with Crippen LogP contribution in [-0.2, 0) is 6.42 Å².